The summed E-state index contributed by atoms with van der Waals surface area (Å²) in [6, 6.07) is 15.6. The number of carbonyl (C=O) groups is 2. The van der Waals surface area contributed by atoms with Gasteiger partial charge in [0.25, 0.3) is 5.91 Å². The molecule has 7 heteroatoms. The van der Waals surface area contributed by atoms with Crippen molar-refractivity contribution in [3.8, 4) is 11.5 Å². The monoisotopic (exact) mass is 404 g/mol. The molecule has 0 saturated carbocycles. The molecule has 0 fully saturated rings. The van der Waals surface area contributed by atoms with Crippen LogP contribution in [0.4, 0.5) is 0 Å². The Morgan fingerprint density at radius 1 is 1.03 bits per heavy atom. The smallest absolute Gasteiger partial charge is 0.336 e. The van der Waals surface area contributed by atoms with Gasteiger partial charge in [0, 0.05) is 6.08 Å². The summed E-state index contributed by atoms with van der Waals surface area (Å²) in [7, 11) is 1.59. The third-order valence-corrected chi connectivity index (χ3v) is 4.09. The quantitative estimate of drug-likeness (QED) is 0.211. The summed E-state index contributed by atoms with van der Waals surface area (Å²) in [6.45, 7) is 1.69. The second kappa shape index (κ2) is 9.88. The van der Waals surface area contributed by atoms with Crippen molar-refractivity contribution in [3.05, 3.63) is 89.4 Å². The van der Waals surface area contributed by atoms with Crippen LogP contribution in [0, 0.1) is 6.92 Å². The minimum absolute atomic E-state index is 0.361. The number of hydrogen-bond donors (Lipinski definition) is 1. The maximum Gasteiger partial charge on any atom is 0.336 e. The van der Waals surface area contributed by atoms with Crippen molar-refractivity contribution in [2.75, 3.05) is 7.11 Å². The van der Waals surface area contributed by atoms with E-state index in [1.807, 2.05) is 12.1 Å². The van der Waals surface area contributed by atoms with E-state index in [0.29, 0.717) is 22.6 Å². The lowest BCUT2D eigenvalue weighted by Gasteiger charge is -2.03. The Kier molecular flexibility index (Phi) is 6.78. The number of nitrogens with one attached hydrogen (secondary N) is 1. The molecule has 7 nitrogen and oxygen atoms in total. The minimum atomic E-state index is -0.511. The molecule has 1 amide bonds. The third kappa shape index (κ3) is 5.68. The normalized spacial score (nSPS) is 11.0. The lowest BCUT2D eigenvalue weighted by molar-refractivity contribution is -0.128. The van der Waals surface area contributed by atoms with Gasteiger partial charge in [0.1, 0.15) is 17.3 Å². The molecular formula is C23H20N2O5. The van der Waals surface area contributed by atoms with E-state index in [-0.39, 0.29) is 5.91 Å². The first-order chi connectivity index (χ1) is 14.5. The number of amides is 1. The van der Waals surface area contributed by atoms with E-state index in [1.165, 1.54) is 18.6 Å². The van der Waals surface area contributed by atoms with Crippen LogP contribution in [0.1, 0.15) is 27.2 Å². The van der Waals surface area contributed by atoms with Crippen molar-refractivity contribution < 1.29 is 23.5 Å². The molecule has 0 aliphatic rings. The van der Waals surface area contributed by atoms with Gasteiger partial charge in [-0.3, -0.25) is 4.79 Å². The van der Waals surface area contributed by atoms with Gasteiger partial charge in [-0.2, -0.15) is 5.10 Å². The number of hydrazone groups is 1. The van der Waals surface area contributed by atoms with Gasteiger partial charge in [0.15, 0.2) is 0 Å². The highest BCUT2D eigenvalue weighted by molar-refractivity contribution is 5.95. The number of hydrogen-bond acceptors (Lipinski definition) is 6. The van der Waals surface area contributed by atoms with Gasteiger partial charge in [-0.05, 0) is 54.5 Å². The van der Waals surface area contributed by atoms with Crippen LogP contribution in [-0.2, 0) is 4.79 Å². The van der Waals surface area contributed by atoms with Gasteiger partial charge in [-0.1, -0.05) is 24.3 Å². The van der Waals surface area contributed by atoms with E-state index in [9.17, 15) is 9.59 Å². The average molecular weight is 404 g/mol. The topological polar surface area (TPSA) is 90.1 Å². The van der Waals surface area contributed by atoms with Gasteiger partial charge in [0.05, 0.1) is 25.2 Å². The number of benzene rings is 2. The summed E-state index contributed by atoms with van der Waals surface area (Å²) >= 11 is 0. The summed E-state index contributed by atoms with van der Waals surface area (Å²) in [5, 5.41) is 3.92. The molecule has 152 valence electrons. The number of esters is 1. The summed E-state index contributed by atoms with van der Waals surface area (Å²) < 4.78 is 15.5. The second-order valence-corrected chi connectivity index (χ2v) is 6.19. The lowest BCUT2D eigenvalue weighted by Crippen LogP contribution is -2.17. The second-order valence-electron chi connectivity index (χ2n) is 6.19. The standard InChI is InChI=1S/C23H20N2O5/c1-16-21(12-13-29-16)23(27)25-24-15-18-4-3-5-20(14-18)30-22(26)11-8-17-6-9-19(28-2)10-7-17/h3-15H,1-2H3,(H,25,27)/b11-8+,24-15+. The molecule has 0 spiro atoms. The van der Waals surface area contributed by atoms with Crippen LogP contribution in [0.5, 0.6) is 11.5 Å². The van der Waals surface area contributed by atoms with Gasteiger partial charge >= 0.3 is 5.97 Å². The lowest BCUT2D eigenvalue weighted by atomic mass is 10.2. The maximum absolute atomic E-state index is 12.1. The summed E-state index contributed by atoms with van der Waals surface area (Å²) in [5.74, 6) is 0.733. The van der Waals surface area contributed by atoms with E-state index in [4.69, 9.17) is 13.9 Å². The fourth-order valence-corrected chi connectivity index (χ4v) is 2.53. The molecule has 0 saturated heterocycles. The summed E-state index contributed by atoms with van der Waals surface area (Å²) in [6.07, 6.45) is 5.89. The first-order valence-electron chi connectivity index (χ1n) is 9.06. The highest BCUT2D eigenvalue weighted by Gasteiger charge is 2.09. The van der Waals surface area contributed by atoms with Crippen molar-refractivity contribution in [1.82, 2.24) is 5.43 Å². The Labute approximate surface area is 173 Å². The Morgan fingerprint density at radius 3 is 2.53 bits per heavy atom. The summed E-state index contributed by atoms with van der Waals surface area (Å²) in [5.41, 5.74) is 4.34. The predicted molar refractivity (Wildman–Crippen MR) is 113 cm³/mol. The number of methoxy groups -OCH3 is 1. The van der Waals surface area contributed by atoms with Crippen molar-refractivity contribution in [2.45, 2.75) is 6.92 Å². The number of ether oxygens (including phenoxy) is 2. The van der Waals surface area contributed by atoms with E-state index >= 15 is 0 Å². The molecule has 0 unspecified atom stereocenters. The zero-order valence-electron chi connectivity index (χ0n) is 16.5. The van der Waals surface area contributed by atoms with Crippen molar-refractivity contribution >= 4 is 24.2 Å². The molecule has 0 bridgehead atoms. The highest BCUT2D eigenvalue weighted by atomic mass is 16.5. The van der Waals surface area contributed by atoms with E-state index in [2.05, 4.69) is 10.5 Å². The number of furan rings is 1. The zero-order valence-corrected chi connectivity index (χ0v) is 16.5. The first-order valence-corrected chi connectivity index (χ1v) is 9.06. The predicted octanol–water partition coefficient (Wildman–Crippen LogP) is 3.98. The average Bonchev–Trinajstić information content (AvgIpc) is 3.19. The minimum Gasteiger partial charge on any atom is -0.497 e. The molecule has 30 heavy (non-hydrogen) atoms. The fourth-order valence-electron chi connectivity index (χ4n) is 2.53. The molecule has 0 atom stereocenters. The van der Waals surface area contributed by atoms with Crippen molar-refractivity contribution in [3.63, 3.8) is 0 Å². The third-order valence-electron chi connectivity index (χ3n) is 4.09. The molecule has 3 aromatic rings. The number of nitrogens with zero attached hydrogens (tertiary/aromatic N) is 1. The fraction of sp³-hybridized carbons (Fsp3) is 0.0870. The Hall–Kier alpha value is -4.13. The van der Waals surface area contributed by atoms with E-state index < -0.39 is 5.97 Å². The van der Waals surface area contributed by atoms with Crippen molar-refractivity contribution in [1.29, 1.82) is 0 Å². The number of aryl methyl sites for hydroxylation is 1. The van der Waals surface area contributed by atoms with E-state index in [0.717, 1.165) is 11.3 Å². The van der Waals surface area contributed by atoms with Gasteiger partial charge < -0.3 is 13.9 Å². The molecule has 1 aromatic heterocycles. The molecule has 0 radical (unpaired) electrons. The molecule has 0 aliphatic carbocycles. The number of carbonyl (C=O) groups excluding carboxylic acids is 2. The van der Waals surface area contributed by atoms with Crippen LogP contribution in [0.25, 0.3) is 6.08 Å². The van der Waals surface area contributed by atoms with E-state index in [1.54, 1.807) is 62.6 Å². The van der Waals surface area contributed by atoms with Gasteiger partial charge in [-0.15, -0.1) is 0 Å². The van der Waals surface area contributed by atoms with Crippen LogP contribution in [0.15, 0.2) is 76.5 Å². The molecule has 3 rings (SSSR count). The first kappa shape index (κ1) is 20.6. The SMILES string of the molecule is COc1ccc(/C=C/C(=O)Oc2cccc(/C=N/NC(=O)c3ccoc3C)c2)cc1. The maximum atomic E-state index is 12.1. The number of rotatable bonds is 7. The Balaban J connectivity index is 1.56. The molecule has 2 aromatic carbocycles. The zero-order chi connectivity index (χ0) is 21.3. The molecular weight excluding hydrogens is 384 g/mol. The Morgan fingerprint density at radius 2 is 1.83 bits per heavy atom. The van der Waals surface area contributed by atoms with Crippen LogP contribution < -0.4 is 14.9 Å². The van der Waals surface area contributed by atoms with Crippen LogP contribution in [-0.4, -0.2) is 25.2 Å². The highest BCUT2D eigenvalue weighted by Crippen LogP contribution is 2.14. The molecule has 1 heterocycles. The van der Waals surface area contributed by atoms with Gasteiger partial charge in [-0.25, -0.2) is 10.2 Å². The van der Waals surface area contributed by atoms with Crippen LogP contribution >= 0.6 is 0 Å². The van der Waals surface area contributed by atoms with Crippen LogP contribution in [0.3, 0.4) is 0 Å². The van der Waals surface area contributed by atoms with Gasteiger partial charge in [0.2, 0.25) is 0 Å². The largest absolute Gasteiger partial charge is 0.497 e. The van der Waals surface area contributed by atoms with Crippen molar-refractivity contribution in [2.24, 2.45) is 5.10 Å². The van der Waals surface area contributed by atoms with Crippen LogP contribution in [0.2, 0.25) is 0 Å². The Bertz CT molecular complexity index is 1080. The molecule has 0 aliphatic heterocycles. The summed E-state index contributed by atoms with van der Waals surface area (Å²) in [4.78, 5) is 24.0. The molecule has 1 N–H and O–H groups in total.